The van der Waals surface area contributed by atoms with Crippen molar-refractivity contribution in [3.63, 3.8) is 0 Å². The fourth-order valence-corrected chi connectivity index (χ4v) is 3.88. The molecule has 154 valence electrons. The molecule has 4 heterocycles. The molecule has 0 atom stereocenters. The Hall–Kier alpha value is -3.53. The second kappa shape index (κ2) is 7.06. The summed E-state index contributed by atoms with van der Waals surface area (Å²) in [5.41, 5.74) is 1.54. The zero-order valence-corrected chi connectivity index (χ0v) is 16.7. The molecule has 1 amide bonds. The van der Waals surface area contributed by atoms with E-state index < -0.39 is 5.82 Å². The lowest BCUT2D eigenvalue weighted by Crippen LogP contribution is -2.44. The molecule has 30 heavy (non-hydrogen) atoms. The summed E-state index contributed by atoms with van der Waals surface area (Å²) in [4.78, 5) is 19.8. The third kappa shape index (κ3) is 3.14. The number of piperazine rings is 1. The molecule has 1 fully saturated rings. The van der Waals surface area contributed by atoms with Crippen molar-refractivity contribution < 1.29 is 9.18 Å². The van der Waals surface area contributed by atoms with Gasteiger partial charge in [0.15, 0.2) is 5.82 Å². The maximum Gasteiger partial charge on any atom is 0.259 e. The first kappa shape index (κ1) is 18.5. The van der Waals surface area contributed by atoms with Gasteiger partial charge in [-0.1, -0.05) is 0 Å². The molecule has 0 unspecified atom stereocenters. The van der Waals surface area contributed by atoms with Crippen LogP contribution < -0.4 is 15.5 Å². The van der Waals surface area contributed by atoms with Crippen molar-refractivity contribution in [2.75, 3.05) is 36.4 Å². The SMILES string of the molecule is Cn1cc2cc(NC(=O)c3cnc(N4CCNCC4)c4cn(C)nc34)cc(F)c2n1. The number of aryl methyl sites for hydroxylation is 2. The average Bonchev–Trinajstić information content (AvgIpc) is 3.29. The van der Waals surface area contributed by atoms with Crippen LogP contribution in [0.2, 0.25) is 0 Å². The highest BCUT2D eigenvalue weighted by molar-refractivity contribution is 6.13. The summed E-state index contributed by atoms with van der Waals surface area (Å²) >= 11 is 0. The Morgan fingerprint density at radius 1 is 1.10 bits per heavy atom. The van der Waals surface area contributed by atoms with Crippen LogP contribution in [-0.2, 0) is 14.1 Å². The highest BCUT2D eigenvalue weighted by atomic mass is 19.1. The standard InChI is InChI=1S/C20H21FN8O/c1-27-10-12-7-13(8-16(21)17(12)25-27)24-20(30)14-9-23-19(29-5-3-22-4-6-29)15-11-28(2)26-18(14)15/h7-11,22H,3-6H2,1-2H3,(H,24,30). The number of anilines is 2. The third-order valence-electron chi connectivity index (χ3n) is 5.24. The number of pyridine rings is 1. The van der Waals surface area contributed by atoms with Crippen LogP contribution in [0.3, 0.4) is 0 Å². The van der Waals surface area contributed by atoms with Gasteiger partial charge in [-0.2, -0.15) is 10.2 Å². The molecule has 1 saturated heterocycles. The normalized spacial score (nSPS) is 14.6. The van der Waals surface area contributed by atoms with Gasteiger partial charge < -0.3 is 15.5 Å². The number of fused-ring (bicyclic) bond motifs is 2. The van der Waals surface area contributed by atoms with Gasteiger partial charge in [-0.3, -0.25) is 14.2 Å². The van der Waals surface area contributed by atoms with Crippen LogP contribution in [-0.4, -0.2) is 56.6 Å². The number of nitrogens with one attached hydrogen (secondary N) is 2. The summed E-state index contributed by atoms with van der Waals surface area (Å²) in [5.74, 6) is -0.0572. The summed E-state index contributed by atoms with van der Waals surface area (Å²) in [7, 11) is 3.54. The van der Waals surface area contributed by atoms with Gasteiger partial charge in [0.2, 0.25) is 0 Å². The van der Waals surface area contributed by atoms with Crippen molar-refractivity contribution in [2.45, 2.75) is 0 Å². The minimum atomic E-state index is -0.487. The summed E-state index contributed by atoms with van der Waals surface area (Å²) < 4.78 is 17.6. The fourth-order valence-electron chi connectivity index (χ4n) is 3.88. The lowest BCUT2D eigenvalue weighted by atomic mass is 10.1. The summed E-state index contributed by atoms with van der Waals surface area (Å²) in [6.45, 7) is 3.45. The van der Waals surface area contributed by atoms with Gasteiger partial charge in [-0.05, 0) is 12.1 Å². The molecule has 1 aliphatic heterocycles. The molecule has 9 nitrogen and oxygen atoms in total. The molecule has 0 saturated carbocycles. The van der Waals surface area contributed by atoms with Crippen LogP contribution in [0.4, 0.5) is 15.9 Å². The van der Waals surface area contributed by atoms with E-state index >= 15 is 0 Å². The zero-order valence-electron chi connectivity index (χ0n) is 16.7. The number of aromatic nitrogens is 5. The monoisotopic (exact) mass is 408 g/mol. The average molecular weight is 408 g/mol. The van der Waals surface area contributed by atoms with E-state index in [1.165, 1.54) is 10.7 Å². The van der Waals surface area contributed by atoms with Crippen molar-refractivity contribution in [2.24, 2.45) is 14.1 Å². The second-order valence-corrected chi connectivity index (χ2v) is 7.45. The second-order valence-electron chi connectivity index (χ2n) is 7.45. The largest absolute Gasteiger partial charge is 0.353 e. The minimum Gasteiger partial charge on any atom is -0.353 e. The van der Waals surface area contributed by atoms with Gasteiger partial charge in [-0.15, -0.1) is 0 Å². The van der Waals surface area contributed by atoms with Crippen molar-refractivity contribution in [1.29, 1.82) is 0 Å². The molecule has 0 bridgehead atoms. The number of carbonyl (C=O) groups is 1. The van der Waals surface area contributed by atoms with Crippen LogP contribution in [0.15, 0.2) is 30.7 Å². The lowest BCUT2D eigenvalue weighted by Gasteiger charge is -2.28. The number of carbonyl (C=O) groups excluding carboxylic acids is 1. The van der Waals surface area contributed by atoms with Crippen molar-refractivity contribution in [1.82, 2.24) is 29.9 Å². The Morgan fingerprint density at radius 2 is 1.83 bits per heavy atom. The van der Waals surface area contributed by atoms with Crippen LogP contribution in [0, 0.1) is 5.82 Å². The van der Waals surface area contributed by atoms with Crippen LogP contribution in [0.1, 0.15) is 10.4 Å². The Labute approximate surface area is 171 Å². The van der Waals surface area contributed by atoms with Crippen molar-refractivity contribution >= 4 is 39.2 Å². The Kier molecular flexibility index (Phi) is 4.35. The van der Waals surface area contributed by atoms with E-state index in [9.17, 15) is 9.18 Å². The van der Waals surface area contributed by atoms with E-state index in [-0.39, 0.29) is 11.4 Å². The first-order chi connectivity index (χ1) is 14.5. The number of hydrogen-bond acceptors (Lipinski definition) is 6. The maximum absolute atomic E-state index is 14.4. The summed E-state index contributed by atoms with van der Waals surface area (Å²) in [6, 6.07) is 2.97. The number of benzene rings is 1. The smallest absolute Gasteiger partial charge is 0.259 e. The maximum atomic E-state index is 14.4. The van der Waals surface area contributed by atoms with E-state index in [1.54, 1.807) is 30.2 Å². The summed E-state index contributed by atoms with van der Waals surface area (Å²) in [5, 5.41) is 16.1. The Morgan fingerprint density at radius 3 is 2.63 bits per heavy atom. The van der Waals surface area contributed by atoms with Gasteiger partial charge in [0.25, 0.3) is 5.91 Å². The number of rotatable bonds is 3. The van der Waals surface area contributed by atoms with Crippen molar-refractivity contribution in [3.05, 3.63) is 42.1 Å². The molecular weight excluding hydrogens is 387 g/mol. The Balaban J connectivity index is 1.51. The van der Waals surface area contributed by atoms with E-state index in [4.69, 9.17) is 0 Å². The molecule has 1 aromatic carbocycles. The summed E-state index contributed by atoms with van der Waals surface area (Å²) in [6.07, 6.45) is 5.12. The van der Waals surface area contributed by atoms with Gasteiger partial charge in [0.1, 0.15) is 16.9 Å². The molecule has 0 aliphatic carbocycles. The van der Waals surface area contributed by atoms with E-state index in [1.807, 2.05) is 13.2 Å². The number of amides is 1. The molecular formula is C20H21FN8O. The van der Waals surface area contributed by atoms with Gasteiger partial charge in [-0.25, -0.2) is 9.37 Å². The number of nitrogens with zero attached hydrogens (tertiary/aromatic N) is 6. The van der Waals surface area contributed by atoms with Gasteiger partial charge >= 0.3 is 0 Å². The molecule has 1 aliphatic rings. The minimum absolute atomic E-state index is 0.268. The molecule has 10 heteroatoms. The quantitative estimate of drug-likeness (QED) is 0.536. The number of halogens is 1. The zero-order chi connectivity index (χ0) is 20.8. The molecule has 5 rings (SSSR count). The van der Waals surface area contributed by atoms with Crippen LogP contribution in [0.25, 0.3) is 21.8 Å². The fraction of sp³-hybridized carbons (Fsp3) is 0.300. The molecule has 0 spiro atoms. The van der Waals surface area contributed by atoms with Crippen LogP contribution in [0.5, 0.6) is 0 Å². The highest BCUT2D eigenvalue weighted by Crippen LogP contribution is 2.28. The number of hydrogen-bond donors (Lipinski definition) is 2. The topological polar surface area (TPSA) is 92.9 Å². The molecule has 3 aromatic heterocycles. The first-order valence-corrected chi connectivity index (χ1v) is 9.72. The van der Waals surface area contributed by atoms with E-state index in [0.717, 1.165) is 37.4 Å². The Bertz CT molecular complexity index is 1270. The third-order valence-corrected chi connectivity index (χ3v) is 5.24. The predicted octanol–water partition coefficient (Wildman–Crippen LogP) is 1.66. The van der Waals surface area contributed by atoms with E-state index in [0.29, 0.717) is 22.2 Å². The molecule has 0 radical (unpaired) electrons. The highest BCUT2D eigenvalue weighted by Gasteiger charge is 2.21. The van der Waals surface area contributed by atoms with E-state index in [2.05, 4.69) is 30.7 Å². The van der Waals surface area contributed by atoms with Crippen molar-refractivity contribution in [3.8, 4) is 0 Å². The van der Waals surface area contributed by atoms with Crippen LogP contribution >= 0.6 is 0 Å². The van der Waals surface area contributed by atoms with Gasteiger partial charge in [0, 0.05) is 69.9 Å². The first-order valence-electron chi connectivity index (χ1n) is 9.72. The lowest BCUT2D eigenvalue weighted by molar-refractivity contribution is 0.102. The predicted molar refractivity (Wildman–Crippen MR) is 112 cm³/mol. The van der Waals surface area contributed by atoms with Gasteiger partial charge in [0.05, 0.1) is 10.9 Å². The molecule has 2 N–H and O–H groups in total. The molecule has 4 aromatic rings.